The third-order valence-corrected chi connectivity index (χ3v) is 4.15. The van der Waals surface area contributed by atoms with Crippen LogP contribution in [0.15, 0.2) is 60.9 Å². The van der Waals surface area contributed by atoms with Gasteiger partial charge in [-0.1, -0.05) is 30.3 Å². The number of benzene rings is 2. The molecule has 0 spiro atoms. The van der Waals surface area contributed by atoms with Crippen LogP contribution in [-0.2, 0) is 11.3 Å². The first kappa shape index (κ1) is 20.2. The summed E-state index contributed by atoms with van der Waals surface area (Å²) in [5, 5.41) is 9.47. The van der Waals surface area contributed by atoms with Gasteiger partial charge in [-0.05, 0) is 24.1 Å². The zero-order valence-electron chi connectivity index (χ0n) is 15.6. The molecule has 2 amide bonds. The maximum atomic E-state index is 13.5. The molecule has 2 aromatic carbocycles. The second kappa shape index (κ2) is 9.59. The lowest BCUT2D eigenvalue weighted by molar-refractivity contribution is -0.116. The molecular formula is C21H20F2N4O2. The summed E-state index contributed by atoms with van der Waals surface area (Å²) in [5.41, 5.74) is 1.45. The van der Waals surface area contributed by atoms with Crippen molar-refractivity contribution in [3.05, 3.63) is 83.7 Å². The molecule has 0 aliphatic carbocycles. The van der Waals surface area contributed by atoms with Crippen LogP contribution in [-0.4, -0.2) is 28.1 Å². The number of rotatable bonds is 8. The SMILES string of the molecule is O=C(CCCNC(=O)c1ccc(F)cc1F)Nc1cnn(Cc2ccccc2)c1. The molecule has 0 saturated heterocycles. The third kappa shape index (κ3) is 5.97. The largest absolute Gasteiger partial charge is 0.352 e. The summed E-state index contributed by atoms with van der Waals surface area (Å²) in [7, 11) is 0. The number of nitrogens with zero attached hydrogens (tertiary/aromatic N) is 2. The van der Waals surface area contributed by atoms with E-state index in [0.29, 0.717) is 24.7 Å². The van der Waals surface area contributed by atoms with Crippen LogP contribution < -0.4 is 10.6 Å². The van der Waals surface area contributed by atoms with E-state index in [0.717, 1.165) is 17.7 Å². The van der Waals surface area contributed by atoms with Gasteiger partial charge >= 0.3 is 0 Å². The first-order chi connectivity index (χ1) is 14.0. The Morgan fingerprint density at radius 1 is 1.07 bits per heavy atom. The molecule has 0 bridgehead atoms. The minimum Gasteiger partial charge on any atom is -0.352 e. The smallest absolute Gasteiger partial charge is 0.254 e. The number of amides is 2. The van der Waals surface area contributed by atoms with E-state index in [4.69, 9.17) is 0 Å². The molecule has 3 rings (SSSR count). The van der Waals surface area contributed by atoms with Crippen molar-refractivity contribution >= 4 is 17.5 Å². The molecule has 0 fully saturated rings. The fourth-order valence-corrected chi connectivity index (χ4v) is 2.73. The van der Waals surface area contributed by atoms with Gasteiger partial charge in [0.05, 0.1) is 24.0 Å². The normalized spacial score (nSPS) is 10.6. The summed E-state index contributed by atoms with van der Waals surface area (Å²) in [6.45, 7) is 0.791. The second-order valence-electron chi connectivity index (χ2n) is 6.44. The van der Waals surface area contributed by atoms with Gasteiger partial charge in [0.15, 0.2) is 0 Å². The van der Waals surface area contributed by atoms with Crippen LogP contribution in [0.3, 0.4) is 0 Å². The van der Waals surface area contributed by atoms with Crippen LogP contribution in [0.1, 0.15) is 28.8 Å². The summed E-state index contributed by atoms with van der Waals surface area (Å²) in [5.74, 6) is -2.54. The lowest BCUT2D eigenvalue weighted by atomic mass is 10.2. The van der Waals surface area contributed by atoms with Crippen molar-refractivity contribution < 1.29 is 18.4 Å². The standard InChI is InChI=1S/C21H20F2N4O2/c22-16-8-9-18(19(23)11-16)21(29)24-10-4-7-20(28)26-17-12-25-27(14-17)13-15-5-2-1-3-6-15/h1-3,5-6,8-9,11-12,14H,4,7,10,13H2,(H,24,29)(H,26,28). The fraction of sp³-hybridized carbons (Fsp3) is 0.190. The molecule has 1 heterocycles. The summed E-state index contributed by atoms with van der Waals surface area (Å²) in [6.07, 6.45) is 3.86. The lowest BCUT2D eigenvalue weighted by Crippen LogP contribution is -2.26. The van der Waals surface area contributed by atoms with E-state index >= 15 is 0 Å². The summed E-state index contributed by atoms with van der Waals surface area (Å²) >= 11 is 0. The average molecular weight is 398 g/mol. The molecule has 0 saturated carbocycles. The Labute approximate surface area is 166 Å². The van der Waals surface area contributed by atoms with E-state index in [1.165, 1.54) is 0 Å². The van der Waals surface area contributed by atoms with E-state index in [9.17, 15) is 18.4 Å². The maximum Gasteiger partial charge on any atom is 0.254 e. The van der Waals surface area contributed by atoms with Gasteiger partial charge in [-0.25, -0.2) is 8.78 Å². The molecule has 0 aliphatic rings. The Hall–Kier alpha value is -3.55. The predicted octanol–water partition coefficient (Wildman–Crippen LogP) is 3.36. The molecule has 150 valence electrons. The number of halogens is 2. The van der Waals surface area contributed by atoms with Crippen molar-refractivity contribution in [2.75, 3.05) is 11.9 Å². The molecule has 29 heavy (non-hydrogen) atoms. The van der Waals surface area contributed by atoms with Gasteiger partial charge in [0.1, 0.15) is 11.6 Å². The van der Waals surface area contributed by atoms with Gasteiger partial charge < -0.3 is 10.6 Å². The van der Waals surface area contributed by atoms with Crippen molar-refractivity contribution in [3.8, 4) is 0 Å². The molecule has 6 nitrogen and oxygen atoms in total. The Bertz CT molecular complexity index is 989. The van der Waals surface area contributed by atoms with Crippen molar-refractivity contribution in [1.82, 2.24) is 15.1 Å². The van der Waals surface area contributed by atoms with E-state index in [1.54, 1.807) is 17.1 Å². The van der Waals surface area contributed by atoms with Gasteiger partial charge in [-0.3, -0.25) is 14.3 Å². The topological polar surface area (TPSA) is 76.0 Å². The van der Waals surface area contributed by atoms with Crippen LogP contribution in [0.5, 0.6) is 0 Å². The van der Waals surface area contributed by atoms with Gasteiger partial charge in [0, 0.05) is 25.2 Å². The second-order valence-corrected chi connectivity index (χ2v) is 6.44. The van der Waals surface area contributed by atoms with Crippen molar-refractivity contribution in [2.45, 2.75) is 19.4 Å². The molecular weight excluding hydrogens is 378 g/mol. The van der Waals surface area contributed by atoms with Crippen molar-refractivity contribution in [2.24, 2.45) is 0 Å². The summed E-state index contributed by atoms with van der Waals surface area (Å²) < 4.78 is 28.1. The van der Waals surface area contributed by atoms with Gasteiger partial charge in [-0.2, -0.15) is 5.10 Å². The number of anilines is 1. The molecule has 3 aromatic rings. The number of carbonyl (C=O) groups is 2. The highest BCUT2D eigenvalue weighted by Gasteiger charge is 2.12. The number of nitrogens with one attached hydrogen (secondary N) is 2. The van der Waals surface area contributed by atoms with Crippen LogP contribution in [0, 0.1) is 11.6 Å². The Morgan fingerprint density at radius 2 is 1.86 bits per heavy atom. The fourth-order valence-electron chi connectivity index (χ4n) is 2.73. The zero-order chi connectivity index (χ0) is 20.6. The van der Waals surface area contributed by atoms with Crippen molar-refractivity contribution in [3.63, 3.8) is 0 Å². The van der Waals surface area contributed by atoms with Crippen LogP contribution in [0.25, 0.3) is 0 Å². The van der Waals surface area contributed by atoms with E-state index in [-0.39, 0.29) is 24.4 Å². The summed E-state index contributed by atoms with van der Waals surface area (Å²) in [6, 6.07) is 12.6. The quantitative estimate of drug-likeness (QED) is 0.572. The van der Waals surface area contributed by atoms with Crippen LogP contribution >= 0.6 is 0 Å². The number of hydrogen-bond donors (Lipinski definition) is 2. The first-order valence-corrected chi connectivity index (χ1v) is 9.11. The Kier molecular flexibility index (Phi) is 6.67. The van der Waals surface area contributed by atoms with Gasteiger partial charge in [0.2, 0.25) is 5.91 Å². The molecule has 0 atom stereocenters. The predicted molar refractivity (Wildman–Crippen MR) is 104 cm³/mol. The monoisotopic (exact) mass is 398 g/mol. The van der Waals surface area contributed by atoms with E-state index in [1.807, 2.05) is 30.3 Å². The third-order valence-electron chi connectivity index (χ3n) is 4.15. The molecule has 2 N–H and O–H groups in total. The zero-order valence-corrected chi connectivity index (χ0v) is 15.6. The maximum absolute atomic E-state index is 13.5. The Balaban J connectivity index is 1.39. The highest BCUT2D eigenvalue weighted by Crippen LogP contribution is 2.10. The number of hydrogen-bond acceptors (Lipinski definition) is 3. The minimum absolute atomic E-state index is 0.177. The highest BCUT2D eigenvalue weighted by atomic mass is 19.1. The summed E-state index contributed by atoms with van der Waals surface area (Å²) in [4.78, 5) is 23.9. The van der Waals surface area contributed by atoms with Crippen LogP contribution in [0.2, 0.25) is 0 Å². The number of carbonyl (C=O) groups excluding carboxylic acids is 2. The molecule has 0 aliphatic heterocycles. The van der Waals surface area contributed by atoms with Crippen LogP contribution in [0.4, 0.5) is 14.5 Å². The molecule has 0 radical (unpaired) electrons. The van der Waals surface area contributed by atoms with Crippen molar-refractivity contribution in [1.29, 1.82) is 0 Å². The first-order valence-electron chi connectivity index (χ1n) is 9.11. The minimum atomic E-state index is -0.923. The van der Waals surface area contributed by atoms with Gasteiger partial charge in [0.25, 0.3) is 5.91 Å². The lowest BCUT2D eigenvalue weighted by Gasteiger charge is -2.06. The average Bonchev–Trinajstić information content (AvgIpc) is 3.12. The molecule has 1 aromatic heterocycles. The highest BCUT2D eigenvalue weighted by molar-refractivity contribution is 5.94. The molecule has 0 unspecified atom stereocenters. The number of aromatic nitrogens is 2. The van der Waals surface area contributed by atoms with E-state index < -0.39 is 17.5 Å². The van der Waals surface area contributed by atoms with E-state index in [2.05, 4.69) is 15.7 Å². The van der Waals surface area contributed by atoms with Gasteiger partial charge in [-0.15, -0.1) is 0 Å². The molecule has 8 heteroatoms. The Morgan fingerprint density at radius 3 is 2.62 bits per heavy atom.